The quantitative estimate of drug-likeness (QED) is 0.832. The average molecular weight is 247 g/mol. The van der Waals surface area contributed by atoms with E-state index in [0.717, 1.165) is 12.8 Å². The van der Waals surface area contributed by atoms with Crippen LogP contribution in [0, 0.1) is 11.7 Å². The van der Waals surface area contributed by atoms with Crippen LogP contribution in [0.1, 0.15) is 42.5 Å². The molecule has 96 valence electrons. The van der Waals surface area contributed by atoms with Gasteiger partial charge >= 0.3 is 0 Å². The largest absolute Gasteiger partial charge is 0.311 e. The number of carbonyl (C=O) groups is 1. The Bertz CT molecular complexity index is 448. The first kappa shape index (κ1) is 11.8. The molecule has 0 aromatic heterocycles. The molecule has 2 aliphatic heterocycles. The Kier molecular flexibility index (Phi) is 3.16. The van der Waals surface area contributed by atoms with E-state index in [0.29, 0.717) is 24.4 Å². The number of nitrogens with one attached hydrogen (secondary N) is 1. The average Bonchev–Trinajstić information content (AvgIpc) is 2.69. The number of rotatable bonds is 3. The molecule has 0 spiro atoms. The van der Waals surface area contributed by atoms with Crippen molar-refractivity contribution >= 4 is 5.78 Å². The normalized spacial score (nSPS) is 30.4. The first-order chi connectivity index (χ1) is 8.72. The van der Waals surface area contributed by atoms with Crippen LogP contribution in [0.3, 0.4) is 0 Å². The highest BCUT2D eigenvalue weighted by Gasteiger charge is 2.34. The summed E-state index contributed by atoms with van der Waals surface area (Å²) in [6.45, 7) is 0. The van der Waals surface area contributed by atoms with E-state index in [1.54, 1.807) is 18.2 Å². The molecule has 2 bridgehead atoms. The van der Waals surface area contributed by atoms with Gasteiger partial charge in [0.1, 0.15) is 5.82 Å². The molecule has 2 aliphatic rings. The third-order valence-corrected chi connectivity index (χ3v) is 4.22. The van der Waals surface area contributed by atoms with Crippen LogP contribution in [0.15, 0.2) is 24.3 Å². The van der Waals surface area contributed by atoms with Crippen LogP contribution in [0.2, 0.25) is 0 Å². The summed E-state index contributed by atoms with van der Waals surface area (Å²) < 4.78 is 13.5. The summed E-state index contributed by atoms with van der Waals surface area (Å²) in [5, 5.41) is 3.56. The van der Waals surface area contributed by atoms with E-state index < -0.39 is 0 Å². The molecule has 18 heavy (non-hydrogen) atoms. The van der Waals surface area contributed by atoms with Gasteiger partial charge in [-0.25, -0.2) is 4.39 Å². The molecule has 3 rings (SSSR count). The van der Waals surface area contributed by atoms with Crippen LogP contribution >= 0.6 is 0 Å². The van der Waals surface area contributed by atoms with E-state index in [9.17, 15) is 9.18 Å². The third kappa shape index (κ3) is 2.32. The van der Waals surface area contributed by atoms with Gasteiger partial charge in [0.15, 0.2) is 5.78 Å². The summed E-state index contributed by atoms with van der Waals surface area (Å²) in [5.41, 5.74) is 0.253. The molecule has 1 N–H and O–H groups in total. The number of halogens is 1. The van der Waals surface area contributed by atoms with Crippen molar-refractivity contribution in [3.05, 3.63) is 35.6 Å². The molecule has 2 nitrogen and oxygen atoms in total. The second-order valence-corrected chi connectivity index (χ2v) is 5.58. The molecule has 2 unspecified atom stereocenters. The van der Waals surface area contributed by atoms with E-state index in [1.165, 1.54) is 18.9 Å². The summed E-state index contributed by atoms with van der Waals surface area (Å²) in [6.07, 6.45) is 5.09. The monoisotopic (exact) mass is 247 g/mol. The number of fused-ring (bicyclic) bond motifs is 2. The van der Waals surface area contributed by atoms with Crippen molar-refractivity contribution in [3.63, 3.8) is 0 Å². The molecule has 3 heteroatoms. The first-order valence-corrected chi connectivity index (χ1v) is 6.76. The van der Waals surface area contributed by atoms with Gasteiger partial charge in [0.05, 0.1) is 5.56 Å². The lowest BCUT2D eigenvalue weighted by Gasteiger charge is -2.28. The Morgan fingerprint density at radius 2 is 1.89 bits per heavy atom. The van der Waals surface area contributed by atoms with Crippen LogP contribution in [0.5, 0.6) is 0 Å². The lowest BCUT2D eigenvalue weighted by Crippen LogP contribution is -2.38. The SMILES string of the molecule is O=C(CC1CC2CCC(C1)N2)c1ccccc1F. The second kappa shape index (κ2) is 4.81. The Balaban J connectivity index is 1.66. The van der Waals surface area contributed by atoms with Crippen molar-refractivity contribution in [3.8, 4) is 0 Å². The lowest BCUT2D eigenvalue weighted by atomic mass is 9.87. The number of ketones is 1. The summed E-state index contributed by atoms with van der Waals surface area (Å²) in [7, 11) is 0. The highest BCUT2D eigenvalue weighted by Crippen LogP contribution is 2.33. The lowest BCUT2D eigenvalue weighted by molar-refractivity contribution is 0.0941. The zero-order valence-electron chi connectivity index (χ0n) is 10.4. The van der Waals surface area contributed by atoms with Crippen LogP contribution in [-0.4, -0.2) is 17.9 Å². The van der Waals surface area contributed by atoms with Crippen LogP contribution < -0.4 is 5.32 Å². The zero-order chi connectivity index (χ0) is 12.5. The fourth-order valence-electron chi connectivity index (χ4n) is 3.40. The topological polar surface area (TPSA) is 29.1 Å². The van der Waals surface area contributed by atoms with Crippen LogP contribution in [0.4, 0.5) is 4.39 Å². The van der Waals surface area contributed by atoms with Gasteiger partial charge in [0.25, 0.3) is 0 Å². The maximum Gasteiger partial charge on any atom is 0.166 e. The van der Waals surface area contributed by atoms with E-state index in [4.69, 9.17) is 0 Å². The summed E-state index contributed by atoms with van der Waals surface area (Å²) in [6, 6.07) is 7.47. The Morgan fingerprint density at radius 3 is 2.56 bits per heavy atom. The number of hydrogen-bond acceptors (Lipinski definition) is 2. The predicted molar refractivity (Wildman–Crippen MR) is 68.0 cm³/mol. The smallest absolute Gasteiger partial charge is 0.166 e. The maximum atomic E-state index is 13.5. The van der Waals surface area contributed by atoms with Gasteiger partial charge in [-0.3, -0.25) is 4.79 Å². The number of piperidine rings is 1. The zero-order valence-corrected chi connectivity index (χ0v) is 10.4. The highest BCUT2D eigenvalue weighted by molar-refractivity contribution is 5.96. The number of carbonyl (C=O) groups excluding carboxylic acids is 1. The van der Waals surface area contributed by atoms with Crippen LogP contribution in [-0.2, 0) is 0 Å². The summed E-state index contributed by atoms with van der Waals surface area (Å²) in [4.78, 5) is 12.1. The Hall–Kier alpha value is -1.22. The molecule has 2 fully saturated rings. The van der Waals surface area contributed by atoms with Gasteiger partial charge in [-0.1, -0.05) is 12.1 Å². The van der Waals surface area contributed by atoms with E-state index >= 15 is 0 Å². The van der Waals surface area contributed by atoms with Crippen molar-refractivity contribution in [1.29, 1.82) is 0 Å². The van der Waals surface area contributed by atoms with E-state index in [1.807, 2.05) is 0 Å². The van der Waals surface area contributed by atoms with E-state index in [2.05, 4.69) is 5.32 Å². The molecular formula is C15H18FNO. The minimum atomic E-state index is -0.389. The minimum absolute atomic E-state index is 0.0422. The van der Waals surface area contributed by atoms with Gasteiger partial charge in [-0.2, -0.15) is 0 Å². The van der Waals surface area contributed by atoms with Crippen molar-refractivity contribution in [2.75, 3.05) is 0 Å². The van der Waals surface area contributed by atoms with Gasteiger partial charge in [0.2, 0.25) is 0 Å². The molecular weight excluding hydrogens is 229 g/mol. The molecule has 0 aliphatic carbocycles. The molecule has 2 saturated heterocycles. The predicted octanol–water partition coefficient (Wildman–Crippen LogP) is 2.93. The summed E-state index contributed by atoms with van der Waals surface area (Å²) in [5.74, 6) is -0.00494. The fourth-order valence-corrected chi connectivity index (χ4v) is 3.40. The van der Waals surface area contributed by atoms with Crippen molar-refractivity contribution in [1.82, 2.24) is 5.32 Å². The number of benzene rings is 1. The standard InChI is InChI=1S/C15H18FNO/c16-14-4-2-1-3-13(14)15(18)9-10-7-11-5-6-12(8-10)17-11/h1-4,10-12,17H,5-9H2. The maximum absolute atomic E-state index is 13.5. The molecule has 2 atom stereocenters. The van der Waals surface area contributed by atoms with Gasteiger partial charge in [-0.05, 0) is 43.7 Å². The molecule has 1 aromatic rings. The molecule has 1 aromatic carbocycles. The number of Topliss-reactive ketones (excluding diaryl/α,β-unsaturated/α-hetero) is 1. The van der Waals surface area contributed by atoms with Gasteiger partial charge < -0.3 is 5.32 Å². The van der Waals surface area contributed by atoms with E-state index in [-0.39, 0.29) is 17.2 Å². The van der Waals surface area contributed by atoms with Crippen molar-refractivity contribution in [2.24, 2.45) is 5.92 Å². The van der Waals surface area contributed by atoms with Crippen molar-refractivity contribution < 1.29 is 9.18 Å². The molecule has 0 radical (unpaired) electrons. The van der Waals surface area contributed by atoms with Gasteiger partial charge in [0, 0.05) is 18.5 Å². The second-order valence-electron chi connectivity index (χ2n) is 5.58. The highest BCUT2D eigenvalue weighted by atomic mass is 19.1. The van der Waals surface area contributed by atoms with Crippen LogP contribution in [0.25, 0.3) is 0 Å². The minimum Gasteiger partial charge on any atom is -0.311 e. The molecule has 2 heterocycles. The number of hydrogen-bond donors (Lipinski definition) is 1. The Labute approximate surface area is 107 Å². The van der Waals surface area contributed by atoms with Crippen molar-refractivity contribution in [2.45, 2.75) is 44.2 Å². The molecule has 0 amide bonds. The summed E-state index contributed by atoms with van der Waals surface area (Å²) >= 11 is 0. The van der Waals surface area contributed by atoms with Gasteiger partial charge in [-0.15, -0.1) is 0 Å². The first-order valence-electron chi connectivity index (χ1n) is 6.76. The third-order valence-electron chi connectivity index (χ3n) is 4.22. The fraction of sp³-hybridized carbons (Fsp3) is 0.533. The Morgan fingerprint density at radius 1 is 1.22 bits per heavy atom. The molecule has 0 saturated carbocycles.